The highest BCUT2D eigenvalue weighted by Crippen LogP contribution is 2.23. The van der Waals surface area contributed by atoms with Crippen molar-refractivity contribution in [3.05, 3.63) is 60.8 Å². The molecule has 0 aromatic rings. The summed E-state index contributed by atoms with van der Waals surface area (Å²) in [4.78, 5) is 25.1. The van der Waals surface area contributed by atoms with E-state index in [0.29, 0.717) is 19.4 Å². The van der Waals surface area contributed by atoms with Crippen LogP contribution in [0.2, 0.25) is 0 Å². The summed E-state index contributed by atoms with van der Waals surface area (Å²) in [5.41, 5.74) is 0. The van der Waals surface area contributed by atoms with E-state index in [9.17, 15) is 35.1 Å². The number of esters is 1. The van der Waals surface area contributed by atoms with Gasteiger partial charge in [-0.05, 0) is 83.5 Å². The van der Waals surface area contributed by atoms with Crippen LogP contribution in [0.15, 0.2) is 60.8 Å². The van der Waals surface area contributed by atoms with Crippen molar-refractivity contribution in [3.8, 4) is 0 Å². The van der Waals surface area contributed by atoms with Gasteiger partial charge in [-0.25, -0.2) is 0 Å². The molecule has 11 heteroatoms. The van der Waals surface area contributed by atoms with Gasteiger partial charge in [-0.15, -0.1) is 0 Å². The van der Waals surface area contributed by atoms with Crippen LogP contribution in [0.5, 0.6) is 0 Å². The molecule has 0 radical (unpaired) electrons. The van der Waals surface area contributed by atoms with Crippen molar-refractivity contribution in [3.63, 3.8) is 0 Å². The van der Waals surface area contributed by atoms with Crippen LogP contribution < -0.4 is 5.32 Å². The van der Waals surface area contributed by atoms with E-state index in [1.54, 1.807) is 6.08 Å². The first-order valence-corrected chi connectivity index (χ1v) is 37.1. The Morgan fingerprint density at radius 2 is 0.816 bits per heavy atom. The molecular formula is C76H139NO10. The summed E-state index contributed by atoms with van der Waals surface area (Å²) in [5, 5.41) is 54.3. The first-order chi connectivity index (χ1) is 42.7. The fraction of sp³-hybridized carbons (Fsp3) is 0.842. The molecule has 0 aromatic heterocycles. The highest BCUT2D eigenvalue weighted by atomic mass is 16.7. The van der Waals surface area contributed by atoms with E-state index in [1.807, 2.05) is 6.08 Å². The topological polar surface area (TPSA) is 175 Å². The van der Waals surface area contributed by atoms with Gasteiger partial charge in [0.2, 0.25) is 5.91 Å². The van der Waals surface area contributed by atoms with Crippen molar-refractivity contribution >= 4 is 11.9 Å². The Balaban J connectivity index is 1.91. The number of carbonyl (C=O) groups is 2. The maximum Gasteiger partial charge on any atom is 0.305 e. The van der Waals surface area contributed by atoms with Crippen LogP contribution in [0.25, 0.3) is 0 Å². The van der Waals surface area contributed by atoms with E-state index >= 15 is 0 Å². The molecule has 6 N–H and O–H groups in total. The summed E-state index contributed by atoms with van der Waals surface area (Å²) in [6, 6.07) is -0.833. The first kappa shape index (κ1) is 82.4. The number of rotatable bonds is 65. The van der Waals surface area contributed by atoms with E-state index < -0.39 is 49.5 Å². The second kappa shape index (κ2) is 64.9. The third kappa shape index (κ3) is 53.7. The lowest BCUT2D eigenvalue weighted by Gasteiger charge is -2.40. The van der Waals surface area contributed by atoms with Crippen LogP contribution in [0.1, 0.15) is 348 Å². The van der Waals surface area contributed by atoms with Crippen LogP contribution in [-0.2, 0) is 23.8 Å². The van der Waals surface area contributed by atoms with Gasteiger partial charge in [0.05, 0.1) is 32.0 Å². The van der Waals surface area contributed by atoms with Gasteiger partial charge < -0.3 is 45.1 Å². The monoisotopic (exact) mass is 1230 g/mol. The number of hydrogen-bond donors (Lipinski definition) is 6. The molecule has 7 atom stereocenters. The predicted molar refractivity (Wildman–Crippen MR) is 366 cm³/mol. The molecule has 1 heterocycles. The van der Waals surface area contributed by atoms with Gasteiger partial charge in [0.1, 0.15) is 24.4 Å². The number of hydrogen-bond acceptors (Lipinski definition) is 10. The molecule has 87 heavy (non-hydrogen) atoms. The lowest BCUT2D eigenvalue weighted by molar-refractivity contribution is -0.302. The minimum atomic E-state index is -1.58. The number of carbonyl (C=O) groups excluding carboxylic acids is 2. The molecule has 1 aliphatic heterocycles. The molecule has 0 bridgehead atoms. The molecular weight excluding hydrogens is 1090 g/mol. The summed E-state index contributed by atoms with van der Waals surface area (Å²) in [7, 11) is 0. The molecule has 1 aliphatic rings. The van der Waals surface area contributed by atoms with Crippen LogP contribution in [0.4, 0.5) is 0 Å². The van der Waals surface area contributed by atoms with Crippen molar-refractivity contribution in [2.45, 2.75) is 391 Å². The van der Waals surface area contributed by atoms with Gasteiger partial charge in [-0.3, -0.25) is 9.59 Å². The Kier molecular flexibility index (Phi) is 61.4. The summed E-state index contributed by atoms with van der Waals surface area (Å²) in [6.45, 7) is 4.23. The van der Waals surface area contributed by atoms with Gasteiger partial charge >= 0.3 is 5.97 Å². The van der Waals surface area contributed by atoms with E-state index in [2.05, 4.69) is 67.8 Å². The SMILES string of the molecule is CC/C=C/CC/C=C/CC/C=C/C(O)C(COC1OC(CO)C(O)C(O)C1O)NC(=O)CCCCCCCCCCCCCCCCCCC/C=C\C/C=C\CCCCCCCCCCCOC(=O)CCCCCCCCCCCCCCCCCC. The second-order valence-corrected chi connectivity index (χ2v) is 25.6. The Morgan fingerprint density at radius 1 is 0.437 bits per heavy atom. The fourth-order valence-corrected chi connectivity index (χ4v) is 11.6. The number of allylic oxidation sites excluding steroid dienone is 9. The summed E-state index contributed by atoms with van der Waals surface area (Å²) in [5.74, 6) is -0.186. The molecule has 0 aliphatic carbocycles. The van der Waals surface area contributed by atoms with E-state index in [4.69, 9.17) is 14.2 Å². The van der Waals surface area contributed by atoms with Crippen molar-refractivity contribution < 1.29 is 49.3 Å². The summed E-state index contributed by atoms with van der Waals surface area (Å²) >= 11 is 0. The molecule has 7 unspecified atom stereocenters. The van der Waals surface area contributed by atoms with Gasteiger partial charge in [-0.1, -0.05) is 312 Å². The highest BCUT2D eigenvalue weighted by Gasteiger charge is 2.44. The number of ether oxygens (including phenoxy) is 3. The Morgan fingerprint density at radius 3 is 1.25 bits per heavy atom. The standard InChI is InChI=1S/C76H139NO10/c1-3-5-7-9-11-13-15-16-17-38-41-44-48-52-56-60-64-72(81)85-65-61-57-53-49-45-42-39-36-34-32-30-28-26-24-22-20-18-19-21-23-25-27-29-31-33-35-37-40-43-47-51-55-59-63-71(80)77-68(67-86-76-75(84)74(83)73(82)70(66-78)87-76)69(79)62-58-54-50-46-14-12-10-8-6-4-2/h6,8,14,22,24,28,30,46,58,62,68-70,73-76,78-79,82-84H,3-5,7,9-13,15-21,23,25-27,29,31-45,47-57,59-61,63-67H2,1-2H3,(H,77,80)/b8-6+,24-22-,30-28-,46-14+,62-58+. The number of nitrogens with one attached hydrogen (secondary N) is 1. The third-order valence-corrected chi connectivity index (χ3v) is 17.3. The average molecular weight is 1230 g/mol. The average Bonchev–Trinajstić information content (AvgIpc) is 1.91. The lowest BCUT2D eigenvalue weighted by Crippen LogP contribution is -2.60. The molecule has 1 rings (SSSR count). The van der Waals surface area contributed by atoms with Crippen molar-refractivity contribution in [2.24, 2.45) is 0 Å². The third-order valence-electron chi connectivity index (χ3n) is 17.3. The number of aliphatic hydroxyl groups is 5. The molecule has 11 nitrogen and oxygen atoms in total. The zero-order valence-corrected chi connectivity index (χ0v) is 56.5. The predicted octanol–water partition coefficient (Wildman–Crippen LogP) is 19.3. The van der Waals surface area contributed by atoms with Crippen LogP contribution in [-0.4, -0.2) is 100 Å². The molecule has 0 spiro atoms. The quantitative estimate of drug-likeness (QED) is 0.0195. The molecule has 0 aromatic carbocycles. The lowest BCUT2D eigenvalue weighted by atomic mass is 9.99. The van der Waals surface area contributed by atoms with Gasteiger partial charge in [-0.2, -0.15) is 0 Å². The first-order valence-electron chi connectivity index (χ1n) is 37.1. The van der Waals surface area contributed by atoms with E-state index in [1.165, 1.54) is 250 Å². The number of unbranched alkanes of at least 4 members (excludes halogenated alkanes) is 43. The number of aliphatic hydroxyl groups excluding tert-OH is 5. The van der Waals surface area contributed by atoms with Crippen LogP contribution in [0.3, 0.4) is 0 Å². The molecule has 1 saturated heterocycles. The summed E-state index contributed by atoms with van der Waals surface area (Å²) in [6.07, 6.45) is 76.8. The van der Waals surface area contributed by atoms with Gasteiger partial charge in [0.15, 0.2) is 6.29 Å². The Bertz CT molecular complexity index is 1630. The summed E-state index contributed by atoms with van der Waals surface area (Å²) < 4.78 is 16.7. The highest BCUT2D eigenvalue weighted by molar-refractivity contribution is 5.76. The van der Waals surface area contributed by atoms with Crippen molar-refractivity contribution in [2.75, 3.05) is 19.8 Å². The second-order valence-electron chi connectivity index (χ2n) is 25.6. The number of amides is 1. The fourth-order valence-electron chi connectivity index (χ4n) is 11.6. The molecule has 1 amide bonds. The van der Waals surface area contributed by atoms with Crippen molar-refractivity contribution in [1.82, 2.24) is 5.32 Å². The Hall–Kier alpha value is -2.64. The van der Waals surface area contributed by atoms with Gasteiger partial charge in [0, 0.05) is 12.8 Å². The normalized spacial score (nSPS) is 18.2. The van der Waals surface area contributed by atoms with E-state index in [0.717, 1.165) is 70.6 Å². The largest absolute Gasteiger partial charge is 0.466 e. The maximum atomic E-state index is 13.0. The molecule has 0 saturated carbocycles. The molecule has 508 valence electrons. The zero-order chi connectivity index (χ0) is 63.0. The van der Waals surface area contributed by atoms with Crippen LogP contribution >= 0.6 is 0 Å². The minimum Gasteiger partial charge on any atom is -0.466 e. The minimum absolute atomic E-state index is 0.0100. The molecule has 1 fully saturated rings. The maximum absolute atomic E-state index is 13.0. The van der Waals surface area contributed by atoms with Crippen LogP contribution in [0, 0.1) is 0 Å². The zero-order valence-electron chi connectivity index (χ0n) is 56.5. The smallest absolute Gasteiger partial charge is 0.305 e. The Labute approximate surface area is 535 Å². The van der Waals surface area contributed by atoms with E-state index in [-0.39, 0.29) is 18.5 Å². The van der Waals surface area contributed by atoms with Gasteiger partial charge in [0.25, 0.3) is 0 Å². The van der Waals surface area contributed by atoms with Crippen molar-refractivity contribution in [1.29, 1.82) is 0 Å².